The molecule has 28 heavy (non-hydrogen) atoms. The van der Waals surface area contributed by atoms with Gasteiger partial charge < -0.3 is 15.2 Å². The van der Waals surface area contributed by atoms with Crippen molar-refractivity contribution < 1.29 is 17.9 Å². The highest BCUT2D eigenvalue weighted by Gasteiger charge is 2.25. The van der Waals surface area contributed by atoms with Gasteiger partial charge in [-0.3, -0.25) is 4.90 Å². The van der Waals surface area contributed by atoms with Crippen molar-refractivity contribution in [3.05, 3.63) is 17.7 Å². The molecule has 8 heteroatoms. The maximum Gasteiger partial charge on any atom is 0.220 e. The van der Waals surface area contributed by atoms with Gasteiger partial charge in [-0.25, -0.2) is 13.4 Å². The van der Waals surface area contributed by atoms with E-state index in [9.17, 15) is 8.42 Å². The molecule has 1 aromatic carbocycles. The standard InChI is InChI=1S/C20H33N3O4S/c1-6-23-10-8-9-15(23)13-22-20(27-14(3)4)16-11-19(28(24,25)7-2)17(21)12-18(16)26-5/h11-12,14-15H,6-10,13,21H2,1-5H3. The Morgan fingerprint density at radius 2 is 2.07 bits per heavy atom. The summed E-state index contributed by atoms with van der Waals surface area (Å²) < 4.78 is 36.3. The van der Waals surface area contributed by atoms with Crippen LogP contribution in [0.4, 0.5) is 5.69 Å². The molecule has 0 aliphatic carbocycles. The molecule has 0 radical (unpaired) electrons. The zero-order valence-corrected chi connectivity index (χ0v) is 18.4. The van der Waals surface area contributed by atoms with Gasteiger partial charge in [-0.2, -0.15) is 0 Å². The van der Waals surface area contributed by atoms with E-state index in [0.29, 0.717) is 29.8 Å². The van der Waals surface area contributed by atoms with Crippen molar-refractivity contribution in [1.82, 2.24) is 4.90 Å². The molecule has 0 spiro atoms. The van der Waals surface area contributed by atoms with Gasteiger partial charge in [-0.15, -0.1) is 0 Å². The number of nitrogen functional groups attached to an aromatic ring is 1. The predicted molar refractivity (Wildman–Crippen MR) is 113 cm³/mol. The number of hydrogen-bond acceptors (Lipinski definition) is 7. The lowest BCUT2D eigenvalue weighted by Gasteiger charge is -2.22. The minimum Gasteiger partial charge on any atom is -0.496 e. The van der Waals surface area contributed by atoms with Gasteiger partial charge >= 0.3 is 0 Å². The number of anilines is 1. The van der Waals surface area contributed by atoms with Crippen molar-refractivity contribution >= 4 is 21.4 Å². The van der Waals surface area contributed by atoms with Gasteiger partial charge in [-0.1, -0.05) is 13.8 Å². The molecule has 1 unspecified atom stereocenters. The summed E-state index contributed by atoms with van der Waals surface area (Å²) in [6.07, 6.45) is 2.15. The highest BCUT2D eigenvalue weighted by Crippen LogP contribution is 2.30. The van der Waals surface area contributed by atoms with E-state index in [1.165, 1.54) is 25.7 Å². The second-order valence-corrected chi connectivity index (χ2v) is 9.48. The van der Waals surface area contributed by atoms with Gasteiger partial charge in [0.2, 0.25) is 5.90 Å². The molecule has 1 aliphatic rings. The Bertz CT molecular complexity index is 806. The molecule has 1 aromatic rings. The van der Waals surface area contributed by atoms with Gasteiger partial charge in [0.05, 0.1) is 41.7 Å². The van der Waals surface area contributed by atoms with Crippen molar-refractivity contribution in [1.29, 1.82) is 0 Å². The molecule has 0 saturated carbocycles. The largest absolute Gasteiger partial charge is 0.496 e. The van der Waals surface area contributed by atoms with Crippen molar-refractivity contribution in [3.8, 4) is 5.75 Å². The molecule has 1 saturated heterocycles. The van der Waals surface area contributed by atoms with Crippen LogP contribution in [0, 0.1) is 0 Å². The summed E-state index contributed by atoms with van der Waals surface area (Å²) in [7, 11) is -1.96. The molecule has 1 atom stereocenters. The Kier molecular flexibility index (Phi) is 7.71. The Balaban J connectivity index is 2.49. The number of hydrogen-bond donors (Lipinski definition) is 1. The summed E-state index contributed by atoms with van der Waals surface area (Å²) in [6, 6.07) is 3.43. The molecular formula is C20H33N3O4S. The summed E-state index contributed by atoms with van der Waals surface area (Å²) in [4.78, 5) is 7.23. The molecule has 0 bridgehead atoms. The van der Waals surface area contributed by atoms with Gasteiger partial charge in [0.1, 0.15) is 5.75 Å². The van der Waals surface area contributed by atoms with Crippen LogP contribution in [-0.2, 0) is 14.6 Å². The number of likely N-dealkylation sites (N-methyl/N-ethyl adjacent to an activating group) is 1. The lowest BCUT2D eigenvalue weighted by Crippen LogP contribution is -2.32. The zero-order chi connectivity index (χ0) is 20.9. The third kappa shape index (κ3) is 5.17. The van der Waals surface area contributed by atoms with Gasteiger partial charge in [0, 0.05) is 12.1 Å². The minimum absolute atomic E-state index is 0.0337. The molecule has 7 nitrogen and oxygen atoms in total. The molecule has 0 aromatic heterocycles. The first-order valence-electron chi connectivity index (χ1n) is 9.89. The van der Waals surface area contributed by atoms with Crippen molar-refractivity contribution in [2.75, 3.05) is 38.2 Å². The average Bonchev–Trinajstić information content (AvgIpc) is 3.12. The smallest absolute Gasteiger partial charge is 0.220 e. The number of likely N-dealkylation sites (tertiary alicyclic amines) is 1. The van der Waals surface area contributed by atoms with Crippen LogP contribution in [-0.4, -0.2) is 63.9 Å². The van der Waals surface area contributed by atoms with Crippen LogP contribution >= 0.6 is 0 Å². The summed E-state index contributed by atoms with van der Waals surface area (Å²) in [5.41, 5.74) is 6.67. The van der Waals surface area contributed by atoms with Crippen LogP contribution in [0.5, 0.6) is 5.75 Å². The number of rotatable bonds is 8. The molecule has 1 aliphatic heterocycles. The van der Waals surface area contributed by atoms with Gasteiger partial charge in [-0.05, 0) is 45.8 Å². The Hall–Kier alpha value is -1.80. The molecule has 1 heterocycles. The SMILES string of the molecule is CCN1CCCC1CN=C(OC(C)C)c1cc(S(=O)(=O)CC)c(N)cc1OC. The van der Waals surface area contributed by atoms with E-state index in [1.54, 1.807) is 6.92 Å². The number of sulfone groups is 1. The third-order valence-corrected chi connectivity index (χ3v) is 6.76. The van der Waals surface area contributed by atoms with E-state index in [4.69, 9.17) is 20.2 Å². The molecular weight excluding hydrogens is 378 g/mol. The molecule has 2 N–H and O–H groups in total. The number of methoxy groups -OCH3 is 1. The second-order valence-electron chi connectivity index (χ2n) is 7.23. The number of nitrogens with zero attached hydrogens (tertiary/aromatic N) is 2. The van der Waals surface area contributed by atoms with Gasteiger partial charge in [0.15, 0.2) is 9.84 Å². The Labute approximate surface area is 168 Å². The molecule has 158 valence electrons. The normalized spacial score (nSPS) is 18.6. The summed E-state index contributed by atoms with van der Waals surface area (Å²) in [5.74, 6) is 0.807. The molecule has 2 rings (SSSR count). The van der Waals surface area contributed by atoms with E-state index in [0.717, 1.165) is 19.5 Å². The molecule has 0 amide bonds. The number of benzene rings is 1. The zero-order valence-electron chi connectivity index (χ0n) is 17.6. The second kappa shape index (κ2) is 9.60. The minimum atomic E-state index is -3.48. The van der Waals surface area contributed by atoms with Crippen LogP contribution in [0.15, 0.2) is 22.0 Å². The van der Waals surface area contributed by atoms with E-state index < -0.39 is 9.84 Å². The predicted octanol–water partition coefficient (Wildman–Crippen LogP) is 2.73. The fraction of sp³-hybridized carbons (Fsp3) is 0.650. The highest BCUT2D eigenvalue weighted by molar-refractivity contribution is 7.91. The number of aliphatic imine (C=N–C) groups is 1. The van der Waals surface area contributed by atoms with Crippen molar-refractivity contribution in [2.24, 2.45) is 4.99 Å². The average molecular weight is 412 g/mol. The van der Waals surface area contributed by atoms with E-state index in [2.05, 4.69) is 11.8 Å². The third-order valence-electron chi connectivity index (χ3n) is 4.98. The molecule has 1 fully saturated rings. The maximum atomic E-state index is 12.5. The quantitative estimate of drug-likeness (QED) is 0.402. The highest BCUT2D eigenvalue weighted by atomic mass is 32.2. The fourth-order valence-corrected chi connectivity index (χ4v) is 4.48. The van der Waals surface area contributed by atoms with E-state index in [-0.39, 0.29) is 22.4 Å². The topological polar surface area (TPSA) is 94.2 Å². The monoisotopic (exact) mass is 411 g/mol. The Morgan fingerprint density at radius 3 is 2.64 bits per heavy atom. The van der Waals surface area contributed by atoms with Crippen LogP contribution < -0.4 is 10.5 Å². The van der Waals surface area contributed by atoms with Crippen LogP contribution in [0.3, 0.4) is 0 Å². The Morgan fingerprint density at radius 1 is 1.36 bits per heavy atom. The van der Waals surface area contributed by atoms with Crippen LogP contribution in [0.2, 0.25) is 0 Å². The summed E-state index contributed by atoms with van der Waals surface area (Å²) in [6.45, 7) is 10.2. The number of nitrogens with two attached hydrogens (primary N) is 1. The summed E-state index contributed by atoms with van der Waals surface area (Å²) >= 11 is 0. The first-order chi connectivity index (χ1) is 13.2. The van der Waals surface area contributed by atoms with Crippen molar-refractivity contribution in [3.63, 3.8) is 0 Å². The van der Waals surface area contributed by atoms with Crippen molar-refractivity contribution in [2.45, 2.75) is 57.6 Å². The lowest BCUT2D eigenvalue weighted by molar-refractivity contribution is 0.224. The van der Waals surface area contributed by atoms with Crippen LogP contribution in [0.25, 0.3) is 0 Å². The van der Waals surface area contributed by atoms with Crippen LogP contribution in [0.1, 0.15) is 46.1 Å². The van der Waals surface area contributed by atoms with Gasteiger partial charge in [0.25, 0.3) is 0 Å². The van der Waals surface area contributed by atoms with E-state index >= 15 is 0 Å². The van der Waals surface area contributed by atoms with E-state index in [1.807, 2.05) is 13.8 Å². The first kappa shape index (κ1) is 22.5. The lowest BCUT2D eigenvalue weighted by atomic mass is 10.1. The fourth-order valence-electron chi connectivity index (χ4n) is 3.45. The number of ether oxygens (including phenoxy) is 2. The maximum absolute atomic E-state index is 12.5. The summed E-state index contributed by atoms with van der Waals surface area (Å²) in [5, 5.41) is 0. The first-order valence-corrected chi connectivity index (χ1v) is 11.5.